The third-order valence-corrected chi connectivity index (χ3v) is 5.38. The van der Waals surface area contributed by atoms with Crippen LogP contribution in [0.5, 0.6) is 5.75 Å². The first-order valence-electron chi connectivity index (χ1n) is 9.00. The topological polar surface area (TPSA) is 55.6 Å². The number of hydrogen-bond acceptors (Lipinski definition) is 4. The number of ether oxygens (including phenoxy) is 1. The van der Waals surface area contributed by atoms with Crippen molar-refractivity contribution < 1.29 is 9.53 Å². The summed E-state index contributed by atoms with van der Waals surface area (Å²) in [6.45, 7) is 4.05. The van der Waals surface area contributed by atoms with Crippen molar-refractivity contribution in [1.29, 1.82) is 0 Å². The molecule has 0 radical (unpaired) electrons. The Bertz CT molecular complexity index is 1140. The van der Waals surface area contributed by atoms with E-state index in [0.29, 0.717) is 6.42 Å². The van der Waals surface area contributed by atoms with Crippen molar-refractivity contribution in [3.63, 3.8) is 0 Å². The lowest BCUT2D eigenvalue weighted by Gasteiger charge is -2.07. The first-order chi connectivity index (χ1) is 13.5. The number of thiazole rings is 1. The molecule has 0 aliphatic rings. The predicted molar refractivity (Wildman–Crippen MR) is 113 cm³/mol. The van der Waals surface area contributed by atoms with Crippen LogP contribution in [0.15, 0.2) is 54.0 Å². The van der Waals surface area contributed by atoms with Gasteiger partial charge in [-0.05, 0) is 49.2 Å². The Hall–Kier alpha value is -3.12. The number of methoxy groups -OCH3 is 1. The summed E-state index contributed by atoms with van der Waals surface area (Å²) in [5.41, 5.74) is 5.86. The molecule has 0 saturated heterocycles. The van der Waals surface area contributed by atoms with Gasteiger partial charge in [0.15, 0.2) is 4.96 Å². The van der Waals surface area contributed by atoms with E-state index in [0.717, 1.165) is 44.5 Å². The fourth-order valence-electron chi connectivity index (χ4n) is 3.29. The van der Waals surface area contributed by atoms with Crippen LogP contribution in [-0.2, 0) is 11.2 Å². The molecule has 0 saturated carbocycles. The van der Waals surface area contributed by atoms with E-state index in [-0.39, 0.29) is 5.91 Å². The molecule has 0 bridgehead atoms. The van der Waals surface area contributed by atoms with Gasteiger partial charge in [0.2, 0.25) is 5.91 Å². The van der Waals surface area contributed by atoms with Crippen LogP contribution >= 0.6 is 11.3 Å². The number of carbonyl (C=O) groups excluding carboxylic acids is 1. The highest BCUT2D eigenvalue weighted by Gasteiger charge is 2.13. The number of nitrogens with one attached hydrogen (secondary N) is 1. The molecule has 4 rings (SSSR count). The minimum atomic E-state index is -0.0404. The molecule has 0 spiro atoms. The number of imidazole rings is 1. The Labute approximate surface area is 167 Å². The van der Waals surface area contributed by atoms with Crippen molar-refractivity contribution in [1.82, 2.24) is 9.38 Å². The average molecular weight is 391 g/mol. The molecule has 5 nitrogen and oxygen atoms in total. The van der Waals surface area contributed by atoms with Crippen LogP contribution < -0.4 is 10.1 Å². The maximum absolute atomic E-state index is 12.5. The molecule has 0 fully saturated rings. The van der Waals surface area contributed by atoms with E-state index < -0.39 is 0 Å². The maximum Gasteiger partial charge on any atom is 0.230 e. The second kappa shape index (κ2) is 7.48. The van der Waals surface area contributed by atoms with E-state index in [1.54, 1.807) is 7.11 Å². The van der Waals surface area contributed by atoms with Gasteiger partial charge in [-0.1, -0.05) is 18.2 Å². The normalized spacial score (nSPS) is 11.0. The first kappa shape index (κ1) is 18.3. The minimum absolute atomic E-state index is 0.0404. The number of amides is 1. The molecule has 0 aliphatic heterocycles. The Morgan fingerprint density at radius 2 is 1.96 bits per heavy atom. The highest BCUT2D eigenvalue weighted by atomic mass is 32.1. The van der Waals surface area contributed by atoms with Gasteiger partial charge in [0.05, 0.1) is 19.2 Å². The second-order valence-electron chi connectivity index (χ2n) is 6.84. The summed E-state index contributed by atoms with van der Waals surface area (Å²) in [6, 6.07) is 13.9. The number of aryl methyl sites for hydroxylation is 2. The smallest absolute Gasteiger partial charge is 0.230 e. The van der Waals surface area contributed by atoms with Crippen LogP contribution in [0.2, 0.25) is 0 Å². The molecule has 0 aliphatic carbocycles. The second-order valence-corrected chi connectivity index (χ2v) is 7.68. The van der Waals surface area contributed by atoms with Crippen LogP contribution in [0.4, 0.5) is 5.69 Å². The van der Waals surface area contributed by atoms with E-state index in [4.69, 9.17) is 4.74 Å². The number of hydrogen-bond donors (Lipinski definition) is 1. The van der Waals surface area contributed by atoms with Crippen molar-refractivity contribution in [3.05, 3.63) is 70.9 Å². The number of nitrogens with zero attached hydrogens (tertiary/aromatic N) is 2. The molecule has 4 aromatic rings. The minimum Gasteiger partial charge on any atom is -0.497 e. The highest BCUT2D eigenvalue weighted by Crippen LogP contribution is 2.26. The molecular weight excluding hydrogens is 370 g/mol. The molecule has 1 amide bonds. The molecule has 6 heteroatoms. The summed E-state index contributed by atoms with van der Waals surface area (Å²) in [5.74, 6) is 0.753. The monoisotopic (exact) mass is 391 g/mol. The number of aromatic nitrogens is 2. The van der Waals surface area contributed by atoms with Crippen LogP contribution in [0, 0.1) is 13.8 Å². The molecule has 2 heterocycles. The number of benzene rings is 2. The van der Waals surface area contributed by atoms with Crippen molar-refractivity contribution in [2.24, 2.45) is 0 Å². The fraction of sp³-hybridized carbons (Fsp3) is 0.182. The van der Waals surface area contributed by atoms with E-state index in [2.05, 4.69) is 16.4 Å². The van der Waals surface area contributed by atoms with E-state index in [9.17, 15) is 4.79 Å². The standard InChI is InChI=1S/C22H21N3O2S/c1-14-7-15(2)9-17(8-14)23-21(26)11-18-13-28-22-24-20(12-25(18)22)16-5-4-6-19(10-16)27-3/h4-10,12-13H,11H2,1-3H3,(H,23,26). The fourth-order valence-corrected chi connectivity index (χ4v) is 4.17. The average Bonchev–Trinajstić information content (AvgIpc) is 3.23. The number of fused-ring (bicyclic) bond motifs is 1. The summed E-state index contributed by atoms with van der Waals surface area (Å²) in [7, 11) is 1.65. The molecule has 2 aromatic heterocycles. The molecule has 0 unspecified atom stereocenters. The SMILES string of the molecule is COc1cccc(-c2cn3c(CC(=O)Nc4cc(C)cc(C)c4)csc3n2)c1. The van der Waals surface area contributed by atoms with Gasteiger partial charge in [-0.3, -0.25) is 9.20 Å². The zero-order chi connectivity index (χ0) is 19.7. The summed E-state index contributed by atoms with van der Waals surface area (Å²) >= 11 is 1.53. The van der Waals surface area contributed by atoms with Crippen molar-refractivity contribution in [2.45, 2.75) is 20.3 Å². The van der Waals surface area contributed by atoms with E-state index >= 15 is 0 Å². The quantitative estimate of drug-likeness (QED) is 0.528. The lowest BCUT2D eigenvalue weighted by Crippen LogP contribution is -2.15. The molecule has 2 aromatic carbocycles. The Balaban J connectivity index is 1.55. The molecule has 0 atom stereocenters. The van der Waals surface area contributed by atoms with Crippen LogP contribution in [0.25, 0.3) is 16.2 Å². The lowest BCUT2D eigenvalue weighted by molar-refractivity contribution is -0.115. The number of anilines is 1. The van der Waals surface area contributed by atoms with E-state index in [1.807, 2.05) is 66.2 Å². The summed E-state index contributed by atoms with van der Waals surface area (Å²) in [6.07, 6.45) is 2.26. The summed E-state index contributed by atoms with van der Waals surface area (Å²) < 4.78 is 7.28. The molecular formula is C22H21N3O2S. The maximum atomic E-state index is 12.5. The highest BCUT2D eigenvalue weighted by molar-refractivity contribution is 7.15. The van der Waals surface area contributed by atoms with Gasteiger partial charge in [-0.25, -0.2) is 4.98 Å². The van der Waals surface area contributed by atoms with Gasteiger partial charge >= 0.3 is 0 Å². The lowest BCUT2D eigenvalue weighted by atomic mass is 10.1. The zero-order valence-electron chi connectivity index (χ0n) is 16.0. The van der Waals surface area contributed by atoms with Crippen LogP contribution in [0.1, 0.15) is 16.8 Å². The molecule has 1 N–H and O–H groups in total. The number of carbonyl (C=O) groups is 1. The van der Waals surface area contributed by atoms with Gasteiger partial charge in [-0.2, -0.15) is 0 Å². The van der Waals surface area contributed by atoms with Gasteiger partial charge in [0, 0.05) is 28.5 Å². The summed E-state index contributed by atoms with van der Waals surface area (Å²) in [5, 5.41) is 4.98. The number of rotatable bonds is 5. The van der Waals surface area contributed by atoms with Gasteiger partial charge < -0.3 is 10.1 Å². The van der Waals surface area contributed by atoms with Crippen molar-refractivity contribution >= 4 is 27.9 Å². The molecule has 28 heavy (non-hydrogen) atoms. The van der Waals surface area contributed by atoms with Crippen molar-refractivity contribution in [3.8, 4) is 17.0 Å². The zero-order valence-corrected chi connectivity index (χ0v) is 16.8. The predicted octanol–water partition coefficient (Wildman–Crippen LogP) is 4.87. The molecule has 142 valence electrons. The first-order valence-corrected chi connectivity index (χ1v) is 9.88. The Kier molecular flexibility index (Phi) is 4.88. The van der Waals surface area contributed by atoms with Gasteiger partial charge in [0.1, 0.15) is 5.75 Å². The van der Waals surface area contributed by atoms with Crippen LogP contribution in [0.3, 0.4) is 0 Å². The largest absolute Gasteiger partial charge is 0.497 e. The van der Waals surface area contributed by atoms with E-state index in [1.165, 1.54) is 11.3 Å². The summed E-state index contributed by atoms with van der Waals surface area (Å²) in [4.78, 5) is 18.1. The Morgan fingerprint density at radius 1 is 1.18 bits per heavy atom. The van der Waals surface area contributed by atoms with Crippen molar-refractivity contribution in [2.75, 3.05) is 12.4 Å². The third-order valence-electron chi connectivity index (χ3n) is 4.50. The van der Waals surface area contributed by atoms with Gasteiger partial charge in [0.25, 0.3) is 0 Å². The third kappa shape index (κ3) is 3.77. The van der Waals surface area contributed by atoms with Gasteiger partial charge in [-0.15, -0.1) is 11.3 Å². The van der Waals surface area contributed by atoms with Crippen LogP contribution in [-0.4, -0.2) is 22.4 Å². The Morgan fingerprint density at radius 3 is 2.71 bits per heavy atom.